The second-order valence-corrected chi connectivity index (χ2v) is 16.1. The van der Waals surface area contributed by atoms with Gasteiger partial charge in [-0.05, 0) is 105 Å². The molecule has 36 heavy (non-hydrogen) atoms. The Kier molecular flexibility index (Phi) is 4.65. The van der Waals surface area contributed by atoms with Crippen molar-refractivity contribution in [2.45, 2.75) is 136 Å². The fourth-order valence-corrected chi connectivity index (χ4v) is 13.1. The van der Waals surface area contributed by atoms with Crippen molar-refractivity contribution >= 4 is 0 Å². The second kappa shape index (κ2) is 6.74. The summed E-state index contributed by atoms with van der Waals surface area (Å²) in [7, 11) is 1.88. The minimum absolute atomic E-state index is 0.00325. The first kappa shape index (κ1) is 24.8. The quantitative estimate of drug-likeness (QED) is 0.535. The molecule has 5 nitrogen and oxygen atoms in total. The molecule has 3 spiro atoms. The van der Waals surface area contributed by atoms with E-state index in [4.69, 9.17) is 14.2 Å². The lowest BCUT2D eigenvalue weighted by atomic mass is 9.41. The van der Waals surface area contributed by atoms with Crippen LogP contribution in [0.2, 0.25) is 0 Å². The molecule has 2 heterocycles. The summed E-state index contributed by atoms with van der Waals surface area (Å²) in [6.45, 7) is 15.9. The first-order chi connectivity index (χ1) is 16.7. The molecule has 2 bridgehead atoms. The van der Waals surface area contributed by atoms with Gasteiger partial charge in [0.1, 0.15) is 12.2 Å². The molecule has 2 saturated heterocycles. The third kappa shape index (κ3) is 2.37. The van der Waals surface area contributed by atoms with Crippen molar-refractivity contribution in [3.8, 4) is 0 Å². The summed E-state index contributed by atoms with van der Waals surface area (Å²) in [5.74, 6) is 1.14. The van der Waals surface area contributed by atoms with Crippen LogP contribution in [-0.4, -0.2) is 53.1 Å². The Hall–Kier alpha value is -0.200. The van der Waals surface area contributed by atoms with Crippen LogP contribution in [0.4, 0.5) is 0 Å². The highest BCUT2D eigenvalue weighted by molar-refractivity contribution is 5.34. The van der Waals surface area contributed by atoms with E-state index in [1.807, 2.05) is 21.0 Å². The zero-order valence-corrected chi connectivity index (χ0v) is 23.9. The summed E-state index contributed by atoms with van der Waals surface area (Å²) in [5, 5.41) is 22.1. The van der Waals surface area contributed by atoms with Gasteiger partial charge in [0, 0.05) is 18.4 Å². The van der Waals surface area contributed by atoms with Crippen molar-refractivity contribution in [1.82, 2.24) is 0 Å². The van der Waals surface area contributed by atoms with Gasteiger partial charge in [0.2, 0.25) is 0 Å². The van der Waals surface area contributed by atoms with E-state index in [0.717, 1.165) is 12.8 Å². The number of aliphatic hydroxyl groups excluding tert-OH is 1. The molecular formula is C31H50O5. The maximum atomic E-state index is 11.1. The van der Waals surface area contributed by atoms with Gasteiger partial charge < -0.3 is 24.4 Å². The van der Waals surface area contributed by atoms with Crippen LogP contribution >= 0.6 is 0 Å². The van der Waals surface area contributed by atoms with Crippen LogP contribution in [0.5, 0.6) is 0 Å². The lowest BCUT2D eigenvalue weighted by molar-refractivity contribution is -0.287. The Labute approximate surface area is 218 Å². The minimum Gasteiger partial charge on any atom is -0.393 e. The van der Waals surface area contributed by atoms with Gasteiger partial charge in [-0.3, -0.25) is 0 Å². The van der Waals surface area contributed by atoms with Crippen LogP contribution in [0.3, 0.4) is 0 Å². The van der Waals surface area contributed by atoms with Gasteiger partial charge in [0.15, 0.2) is 5.79 Å². The van der Waals surface area contributed by atoms with Crippen LogP contribution in [0.1, 0.15) is 99.8 Å². The molecule has 0 radical (unpaired) electrons. The maximum Gasteiger partial charge on any atom is 0.199 e. The molecule has 0 aromatic carbocycles. The van der Waals surface area contributed by atoms with Gasteiger partial charge >= 0.3 is 0 Å². The van der Waals surface area contributed by atoms with Gasteiger partial charge in [-0.15, -0.1) is 0 Å². The first-order valence-corrected chi connectivity index (χ1v) is 14.9. The number of methoxy groups -OCH3 is 1. The Morgan fingerprint density at radius 2 is 1.58 bits per heavy atom. The highest BCUT2D eigenvalue weighted by Gasteiger charge is 2.88. The predicted molar refractivity (Wildman–Crippen MR) is 137 cm³/mol. The van der Waals surface area contributed by atoms with E-state index in [9.17, 15) is 10.2 Å². The van der Waals surface area contributed by atoms with Crippen molar-refractivity contribution in [3.63, 3.8) is 0 Å². The van der Waals surface area contributed by atoms with Crippen LogP contribution in [-0.2, 0) is 14.2 Å². The van der Waals surface area contributed by atoms with Crippen molar-refractivity contribution in [2.24, 2.45) is 50.7 Å². The van der Waals surface area contributed by atoms with E-state index >= 15 is 0 Å². The molecule has 7 rings (SSSR count). The summed E-state index contributed by atoms with van der Waals surface area (Å²) in [5.41, 5.74) is -0.214. The Balaban J connectivity index is 1.35. The van der Waals surface area contributed by atoms with E-state index in [2.05, 4.69) is 34.6 Å². The molecule has 7 aliphatic rings. The number of hydrogen-bond donors (Lipinski definition) is 2. The average molecular weight is 503 g/mol. The van der Waals surface area contributed by atoms with Crippen molar-refractivity contribution in [1.29, 1.82) is 0 Å². The van der Waals surface area contributed by atoms with Gasteiger partial charge in [0.25, 0.3) is 0 Å². The summed E-state index contributed by atoms with van der Waals surface area (Å²) >= 11 is 0. The smallest absolute Gasteiger partial charge is 0.199 e. The number of aliphatic hydroxyl groups is 2. The van der Waals surface area contributed by atoms with Gasteiger partial charge in [-0.1, -0.05) is 34.6 Å². The van der Waals surface area contributed by atoms with E-state index in [-0.39, 0.29) is 46.6 Å². The van der Waals surface area contributed by atoms with Crippen molar-refractivity contribution < 1.29 is 24.4 Å². The normalized spacial score (nSPS) is 62.5. The summed E-state index contributed by atoms with van der Waals surface area (Å²) in [6, 6.07) is 0. The molecule has 5 aliphatic carbocycles. The molecule has 5 saturated carbocycles. The summed E-state index contributed by atoms with van der Waals surface area (Å²) in [6.07, 6.45) is 8.58. The standard InChI is InChI=1S/C31H50O5/c1-17-15-18-23(26(4,5)33)36-31(35-18)22(17)27(6)13-14-30-16-29(30)12-11-21(32)25(2,3)19(29)9-10-20(30)28(27,7)24(31)34-8/h17-24,32-33H,9-16H2,1-8H3/t17-,18-,19-,20+,21+,22-,23+,24-,27-,28-,29-,30+,31+/m1/s1. The molecule has 204 valence electrons. The monoisotopic (exact) mass is 502 g/mol. The Morgan fingerprint density at radius 1 is 0.917 bits per heavy atom. The lowest BCUT2D eigenvalue weighted by Gasteiger charge is -2.63. The molecule has 0 aromatic heterocycles. The molecule has 13 atom stereocenters. The first-order valence-electron chi connectivity index (χ1n) is 14.9. The van der Waals surface area contributed by atoms with E-state index in [0.29, 0.717) is 28.6 Å². The molecule has 0 amide bonds. The predicted octanol–water partition coefficient (Wildman–Crippen LogP) is 5.31. The Morgan fingerprint density at radius 3 is 2.25 bits per heavy atom. The average Bonchev–Trinajstić information content (AvgIpc) is 3.28. The molecule has 0 unspecified atom stereocenters. The highest BCUT2D eigenvalue weighted by Crippen LogP contribution is 2.90. The van der Waals surface area contributed by atoms with E-state index in [1.54, 1.807) is 0 Å². The fourth-order valence-electron chi connectivity index (χ4n) is 13.1. The van der Waals surface area contributed by atoms with E-state index in [1.165, 1.54) is 38.5 Å². The van der Waals surface area contributed by atoms with Crippen LogP contribution in [0.25, 0.3) is 0 Å². The summed E-state index contributed by atoms with van der Waals surface area (Å²) in [4.78, 5) is 0. The van der Waals surface area contributed by atoms with Gasteiger partial charge in [-0.2, -0.15) is 0 Å². The topological polar surface area (TPSA) is 68.2 Å². The maximum absolute atomic E-state index is 11.1. The molecule has 2 aliphatic heterocycles. The van der Waals surface area contributed by atoms with E-state index < -0.39 is 11.4 Å². The van der Waals surface area contributed by atoms with Gasteiger partial charge in [-0.25, -0.2) is 0 Å². The largest absolute Gasteiger partial charge is 0.393 e. The number of fused-ring (bicyclic) bond motifs is 4. The number of rotatable bonds is 2. The molecular weight excluding hydrogens is 452 g/mol. The van der Waals surface area contributed by atoms with Gasteiger partial charge in [0.05, 0.1) is 17.8 Å². The number of ether oxygens (including phenoxy) is 3. The molecule has 0 aromatic rings. The zero-order chi connectivity index (χ0) is 25.9. The van der Waals surface area contributed by atoms with Crippen LogP contribution in [0.15, 0.2) is 0 Å². The molecule has 2 N–H and O–H groups in total. The molecule has 5 heteroatoms. The third-order valence-corrected chi connectivity index (χ3v) is 14.4. The minimum atomic E-state index is -0.953. The zero-order valence-electron chi connectivity index (χ0n) is 23.9. The highest BCUT2D eigenvalue weighted by atomic mass is 16.8. The van der Waals surface area contributed by atoms with Crippen LogP contribution < -0.4 is 0 Å². The number of hydrogen-bond acceptors (Lipinski definition) is 5. The lowest BCUT2D eigenvalue weighted by Crippen LogP contribution is -2.60. The van der Waals surface area contributed by atoms with Crippen molar-refractivity contribution in [2.75, 3.05) is 7.11 Å². The molecule has 7 fully saturated rings. The second-order valence-electron chi connectivity index (χ2n) is 16.1. The fraction of sp³-hybridized carbons (Fsp3) is 1.00. The van der Waals surface area contributed by atoms with Crippen LogP contribution in [0, 0.1) is 50.7 Å². The SMILES string of the molecule is CO[C@H]1[C@]23O[C@H](C[C@@H](C)[C@@H]2[C@@]2(C)CC[C@@]45C[C@@]46CC[C@H](O)C(C)(C)[C@H]6CC[C@H]5[C@]12C)[C@@H](C(C)(C)O)O3. The summed E-state index contributed by atoms with van der Waals surface area (Å²) < 4.78 is 20.6. The third-order valence-electron chi connectivity index (χ3n) is 14.4. The Bertz CT molecular complexity index is 973. The van der Waals surface area contributed by atoms with Crippen molar-refractivity contribution in [3.05, 3.63) is 0 Å².